The number of nitrogens with zero attached hydrogens (tertiary/aromatic N) is 3. The van der Waals surface area contributed by atoms with E-state index in [0.29, 0.717) is 32.0 Å². The van der Waals surface area contributed by atoms with Crippen LogP contribution in [0.5, 0.6) is 0 Å². The molecule has 114 valence electrons. The zero-order valence-corrected chi connectivity index (χ0v) is 13.4. The van der Waals surface area contributed by atoms with Crippen molar-refractivity contribution < 1.29 is 14.3 Å². The molecule has 0 bridgehead atoms. The maximum absolute atomic E-state index is 12.0. The van der Waals surface area contributed by atoms with Crippen molar-refractivity contribution in [2.45, 2.75) is 11.6 Å². The van der Waals surface area contributed by atoms with Gasteiger partial charge in [0.25, 0.3) is 0 Å². The number of hydrogen-bond donors (Lipinski definition) is 0. The molecule has 0 aromatic carbocycles. The summed E-state index contributed by atoms with van der Waals surface area (Å²) >= 11 is 1.54. The molecule has 0 saturated carbocycles. The highest BCUT2D eigenvalue weighted by Crippen LogP contribution is 2.31. The average molecular weight is 301 g/mol. The molecule has 0 N–H and O–H groups in total. The van der Waals surface area contributed by atoms with Crippen molar-refractivity contribution in [1.29, 1.82) is 0 Å². The van der Waals surface area contributed by atoms with E-state index in [9.17, 15) is 9.59 Å². The molecule has 2 aliphatic rings. The van der Waals surface area contributed by atoms with Crippen LogP contribution in [0.25, 0.3) is 0 Å². The van der Waals surface area contributed by atoms with Gasteiger partial charge in [-0.3, -0.25) is 14.5 Å². The normalized spacial score (nSPS) is 25.4. The van der Waals surface area contributed by atoms with Gasteiger partial charge in [-0.05, 0) is 13.3 Å². The molecular weight excluding hydrogens is 278 g/mol. The minimum absolute atomic E-state index is 0.0667. The van der Waals surface area contributed by atoms with Crippen LogP contribution in [-0.4, -0.2) is 97.5 Å². The fourth-order valence-corrected chi connectivity index (χ4v) is 3.21. The predicted molar refractivity (Wildman–Crippen MR) is 78.8 cm³/mol. The molecule has 6 nitrogen and oxygen atoms in total. The lowest BCUT2D eigenvalue weighted by molar-refractivity contribution is -0.201. The first kappa shape index (κ1) is 15.6. The number of rotatable bonds is 3. The lowest BCUT2D eigenvalue weighted by Gasteiger charge is -2.54. The van der Waals surface area contributed by atoms with Gasteiger partial charge >= 0.3 is 0 Å². The summed E-state index contributed by atoms with van der Waals surface area (Å²) < 4.78 is 5.92. The molecule has 1 unspecified atom stereocenters. The van der Waals surface area contributed by atoms with E-state index in [-0.39, 0.29) is 23.5 Å². The van der Waals surface area contributed by atoms with E-state index < -0.39 is 0 Å². The Bertz CT molecular complexity index is 396. The molecule has 2 aliphatic heterocycles. The van der Waals surface area contributed by atoms with Crippen LogP contribution in [-0.2, 0) is 14.3 Å². The number of amides is 2. The van der Waals surface area contributed by atoms with Crippen LogP contribution in [0.15, 0.2) is 0 Å². The Morgan fingerprint density at radius 3 is 2.50 bits per heavy atom. The van der Waals surface area contributed by atoms with Crippen LogP contribution in [0.3, 0.4) is 0 Å². The summed E-state index contributed by atoms with van der Waals surface area (Å²) in [5.74, 6) is 0.756. The number of carbonyl (C=O) groups excluding carboxylic acids is 2. The molecule has 2 saturated heterocycles. The van der Waals surface area contributed by atoms with Crippen LogP contribution in [0.4, 0.5) is 0 Å². The number of likely N-dealkylation sites (tertiary alicyclic amines) is 1. The second-order valence-electron chi connectivity index (χ2n) is 5.84. The van der Waals surface area contributed by atoms with E-state index in [0.717, 1.165) is 0 Å². The van der Waals surface area contributed by atoms with Gasteiger partial charge in [-0.2, -0.15) is 11.8 Å². The second-order valence-corrected chi connectivity index (χ2v) is 6.71. The first-order chi connectivity index (χ1) is 9.38. The molecule has 2 fully saturated rings. The van der Waals surface area contributed by atoms with Crippen LogP contribution in [0.1, 0.15) is 0 Å². The summed E-state index contributed by atoms with van der Waals surface area (Å²) in [7, 11) is 5.46. The number of carbonyl (C=O) groups is 2. The largest absolute Gasteiger partial charge is 0.368 e. The maximum atomic E-state index is 12.0. The van der Waals surface area contributed by atoms with Gasteiger partial charge in [0.15, 0.2) is 0 Å². The fourth-order valence-electron chi connectivity index (χ4n) is 2.78. The molecule has 0 radical (unpaired) electrons. The lowest BCUT2D eigenvalue weighted by Crippen LogP contribution is -2.73. The predicted octanol–water partition coefficient (Wildman–Crippen LogP) is -0.651. The average Bonchev–Trinajstić information content (AvgIpc) is 2.35. The van der Waals surface area contributed by atoms with Gasteiger partial charge in [0, 0.05) is 20.6 Å². The third-order valence-electron chi connectivity index (χ3n) is 3.92. The monoisotopic (exact) mass is 301 g/mol. The Labute approximate surface area is 124 Å². The first-order valence-electron chi connectivity index (χ1n) is 6.70. The number of ether oxygens (including phenoxy) is 1. The quantitative estimate of drug-likeness (QED) is 0.693. The molecule has 1 spiro atoms. The van der Waals surface area contributed by atoms with Gasteiger partial charge in [-0.25, -0.2) is 0 Å². The van der Waals surface area contributed by atoms with Crippen LogP contribution in [0.2, 0.25) is 0 Å². The number of thioether (sulfide) groups is 1. The fraction of sp³-hybridized carbons (Fsp3) is 0.846. The van der Waals surface area contributed by atoms with Gasteiger partial charge in [-0.15, -0.1) is 0 Å². The van der Waals surface area contributed by atoms with Crippen molar-refractivity contribution in [1.82, 2.24) is 14.7 Å². The van der Waals surface area contributed by atoms with E-state index in [1.54, 1.807) is 19.0 Å². The van der Waals surface area contributed by atoms with Crippen molar-refractivity contribution in [3.63, 3.8) is 0 Å². The molecule has 7 heteroatoms. The highest BCUT2D eigenvalue weighted by atomic mass is 32.2. The highest BCUT2D eigenvalue weighted by molar-refractivity contribution is 7.99. The molecule has 0 aliphatic carbocycles. The Morgan fingerprint density at radius 1 is 1.35 bits per heavy atom. The first-order valence-corrected chi connectivity index (χ1v) is 8.10. The van der Waals surface area contributed by atoms with Crippen LogP contribution in [0, 0.1) is 0 Å². The third kappa shape index (κ3) is 2.94. The van der Waals surface area contributed by atoms with E-state index in [1.807, 2.05) is 23.1 Å². The van der Waals surface area contributed by atoms with E-state index in [1.165, 1.54) is 11.8 Å². The topological polar surface area (TPSA) is 53.1 Å². The lowest BCUT2D eigenvalue weighted by atomic mass is 9.90. The number of morpholine rings is 1. The summed E-state index contributed by atoms with van der Waals surface area (Å²) in [5, 5.41) is 0. The maximum Gasteiger partial charge on any atom is 0.241 e. The standard InChI is InChI=1S/C13H23N3O3S/c1-14(2)12(18)10-5-19-13(7-15(10)3)8-16(9-13)11(17)6-20-4/h10H,5-9H2,1-4H3. The van der Waals surface area contributed by atoms with Crippen molar-refractivity contribution in [2.24, 2.45) is 0 Å². The van der Waals surface area contributed by atoms with E-state index in [2.05, 4.69) is 0 Å². The molecule has 2 amide bonds. The zero-order valence-electron chi connectivity index (χ0n) is 12.6. The smallest absolute Gasteiger partial charge is 0.241 e. The van der Waals surface area contributed by atoms with Crippen molar-refractivity contribution in [3.05, 3.63) is 0 Å². The molecule has 0 aromatic rings. The molecule has 0 aromatic heterocycles. The minimum atomic E-state index is -0.272. The van der Waals surface area contributed by atoms with Gasteiger partial charge in [0.2, 0.25) is 11.8 Å². The molecule has 2 rings (SSSR count). The SMILES string of the molecule is CSCC(=O)N1CC2(C1)CN(C)C(C(=O)N(C)C)CO2. The van der Waals surface area contributed by atoms with Crippen LogP contribution >= 0.6 is 11.8 Å². The Morgan fingerprint density at radius 2 is 2.00 bits per heavy atom. The molecule has 20 heavy (non-hydrogen) atoms. The molecule has 2 heterocycles. The zero-order chi connectivity index (χ0) is 14.9. The van der Waals surface area contributed by atoms with E-state index >= 15 is 0 Å². The van der Waals surface area contributed by atoms with Gasteiger partial charge in [-0.1, -0.05) is 0 Å². The Kier molecular flexibility index (Phi) is 4.61. The summed E-state index contributed by atoms with van der Waals surface area (Å²) in [6.07, 6.45) is 1.93. The van der Waals surface area contributed by atoms with Crippen molar-refractivity contribution >= 4 is 23.6 Å². The second kappa shape index (κ2) is 5.91. The molecular formula is C13H23N3O3S. The number of hydrogen-bond acceptors (Lipinski definition) is 5. The van der Waals surface area contributed by atoms with Gasteiger partial charge in [0.05, 0.1) is 25.4 Å². The number of likely N-dealkylation sites (N-methyl/N-ethyl adjacent to an activating group) is 2. The summed E-state index contributed by atoms with van der Waals surface area (Å²) in [6.45, 7) is 2.37. The van der Waals surface area contributed by atoms with Crippen LogP contribution < -0.4 is 0 Å². The summed E-state index contributed by atoms with van der Waals surface area (Å²) in [5.41, 5.74) is -0.272. The van der Waals surface area contributed by atoms with Gasteiger partial charge in [0.1, 0.15) is 11.6 Å². The van der Waals surface area contributed by atoms with Gasteiger partial charge < -0.3 is 14.5 Å². The highest BCUT2D eigenvalue weighted by Gasteiger charge is 2.51. The Hall–Kier alpha value is -0.790. The molecule has 1 atom stereocenters. The summed E-state index contributed by atoms with van der Waals surface area (Å²) in [6, 6.07) is -0.216. The Balaban J connectivity index is 1.88. The summed E-state index contributed by atoms with van der Waals surface area (Å²) in [4.78, 5) is 29.3. The third-order valence-corrected chi connectivity index (χ3v) is 4.46. The van der Waals surface area contributed by atoms with Crippen molar-refractivity contribution in [2.75, 3.05) is 59.4 Å². The van der Waals surface area contributed by atoms with Crippen molar-refractivity contribution in [3.8, 4) is 0 Å². The minimum Gasteiger partial charge on any atom is -0.368 e. The van der Waals surface area contributed by atoms with E-state index in [4.69, 9.17) is 4.74 Å².